The molecule has 0 unspecified atom stereocenters. The maximum absolute atomic E-state index is 14.3. The van der Waals surface area contributed by atoms with E-state index >= 15 is 0 Å². The van der Waals surface area contributed by atoms with Crippen molar-refractivity contribution in [2.24, 2.45) is 4.99 Å². The first-order valence-corrected chi connectivity index (χ1v) is 17.0. The van der Waals surface area contributed by atoms with E-state index in [4.69, 9.17) is 42.8 Å². The number of rotatable bonds is 14. The van der Waals surface area contributed by atoms with Crippen LogP contribution in [0.15, 0.2) is 113 Å². The first kappa shape index (κ1) is 33.4. The number of aliphatic hydroxyl groups excluding tert-OH is 1. The third kappa shape index (κ3) is 7.89. The number of benzene rings is 4. The summed E-state index contributed by atoms with van der Waals surface area (Å²) in [5, 5.41) is 9.95. The normalized spacial score (nSPS) is 17.6. The molecule has 0 radical (unpaired) electrons. The highest BCUT2D eigenvalue weighted by molar-refractivity contribution is 7.91. The van der Waals surface area contributed by atoms with Crippen molar-refractivity contribution in [1.29, 1.82) is 0 Å². The lowest BCUT2D eigenvalue weighted by Crippen LogP contribution is -2.53. The van der Waals surface area contributed by atoms with E-state index in [1.54, 1.807) is 60.7 Å². The van der Waals surface area contributed by atoms with Gasteiger partial charge in [0.2, 0.25) is 5.90 Å². The molecule has 0 spiro atoms. The number of carbonyl (C=O) groups excluding carboxylic acids is 1. The van der Waals surface area contributed by atoms with Crippen molar-refractivity contribution < 1.29 is 27.8 Å². The van der Waals surface area contributed by atoms with Gasteiger partial charge >= 0.3 is 0 Å². The fourth-order valence-corrected chi connectivity index (χ4v) is 6.89. The number of nitrogens with zero attached hydrogens (tertiary/aromatic N) is 1. The van der Waals surface area contributed by atoms with E-state index in [0.717, 1.165) is 0 Å². The molecule has 1 amide bonds. The number of carbonyl (C=O) groups is 1. The fourth-order valence-electron chi connectivity index (χ4n) is 5.03. The van der Waals surface area contributed by atoms with Crippen molar-refractivity contribution in [3.8, 4) is 5.75 Å². The zero-order valence-electron chi connectivity index (χ0n) is 24.7. The highest BCUT2D eigenvalue weighted by atomic mass is 35.5. The molecular formula is C34H33Cl2N3O6S. The summed E-state index contributed by atoms with van der Waals surface area (Å²) >= 11 is 12.4. The van der Waals surface area contributed by atoms with Crippen LogP contribution in [-0.4, -0.2) is 49.8 Å². The molecule has 0 aliphatic carbocycles. The Morgan fingerprint density at radius 2 is 1.65 bits per heavy atom. The minimum absolute atomic E-state index is 0.0232. The second-order valence-corrected chi connectivity index (χ2v) is 13.6. The second-order valence-electron chi connectivity index (χ2n) is 10.6. The van der Waals surface area contributed by atoms with E-state index < -0.39 is 27.4 Å². The fraction of sp³-hybridized carbons (Fsp3) is 0.235. The van der Waals surface area contributed by atoms with E-state index in [1.807, 2.05) is 30.3 Å². The van der Waals surface area contributed by atoms with Gasteiger partial charge in [-0.1, -0.05) is 77.8 Å². The average Bonchev–Trinajstić information content (AvgIpc) is 3.47. The number of hydrazine groups is 1. The molecule has 9 nitrogen and oxygen atoms in total. The Morgan fingerprint density at radius 3 is 2.33 bits per heavy atom. The van der Waals surface area contributed by atoms with Crippen LogP contribution in [0.3, 0.4) is 0 Å². The number of ether oxygens (including phenoxy) is 2. The van der Waals surface area contributed by atoms with Gasteiger partial charge in [-0.3, -0.25) is 10.2 Å². The largest absolute Gasteiger partial charge is 0.494 e. The molecular weight excluding hydrogens is 649 g/mol. The molecule has 0 aromatic heterocycles. The summed E-state index contributed by atoms with van der Waals surface area (Å²) in [4.78, 5) is 19.3. The Hall–Kier alpha value is -3.93. The van der Waals surface area contributed by atoms with Crippen molar-refractivity contribution in [2.75, 3.05) is 19.0 Å². The minimum Gasteiger partial charge on any atom is -0.494 e. The lowest BCUT2D eigenvalue weighted by atomic mass is 9.85. The molecule has 0 fully saturated rings. The third-order valence-corrected chi connectivity index (χ3v) is 9.80. The van der Waals surface area contributed by atoms with Gasteiger partial charge in [-0.25, -0.2) is 18.8 Å². The lowest BCUT2D eigenvalue weighted by Gasteiger charge is -2.30. The van der Waals surface area contributed by atoms with E-state index in [2.05, 4.69) is 10.9 Å². The van der Waals surface area contributed by atoms with Crippen molar-refractivity contribution >= 4 is 44.8 Å². The summed E-state index contributed by atoms with van der Waals surface area (Å²) in [5.41, 5.74) is 5.90. The van der Waals surface area contributed by atoms with Crippen molar-refractivity contribution in [2.45, 2.75) is 35.9 Å². The van der Waals surface area contributed by atoms with Crippen LogP contribution in [0, 0.1) is 0 Å². The number of hydrogen-bond donors (Lipinski definition) is 3. The molecule has 1 heterocycles. The van der Waals surface area contributed by atoms with Crippen LogP contribution >= 0.6 is 23.2 Å². The van der Waals surface area contributed by atoms with Gasteiger partial charge in [-0.2, -0.15) is 0 Å². The van der Waals surface area contributed by atoms with E-state index in [0.29, 0.717) is 45.5 Å². The summed E-state index contributed by atoms with van der Waals surface area (Å²) in [6, 6.07) is 29.2. The monoisotopic (exact) mass is 681 g/mol. The molecule has 2 atom stereocenters. The Labute approximate surface area is 278 Å². The van der Waals surface area contributed by atoms with Crippen LogP contribution in [0.25, 0.3) is 0 Å². The summed E-state index contributed by atoms with van der Waals surface area (Å²) < 4.78 is 39.0. The minimum atomic E-state index is -3.79. The molecule has 1 aliphatic heterocycles. The number of halogens is 2. The molecule has 46 heavy (non-hydrogen) atoms. The molecule has 0 saturated heterocycles. The van der Waals surface area contributed by atoms with Gasteiger partial charge in [0.25, 0.3) is 5.91 Å². The smallest absolute Gasteiger partial charge is 0.266 e. The molecule has 3 N–H and O–H groups in total. The van der Waals surface area contributed by atoms with Gasteiger partial charge in [-0.15, -0.1) is 0 Å². The topological polar surface area (TPSA) is 126 Å². The standard InChI is InChI=1S/C34H33Cl2N3O6S/c35-27-15-12-26(30(36)22-27)23-37-39-33(41)34(18-21-46(42,43)29-10-5-2-6-11-29)31(24-8-3-1-4-9-24)45-32(38-34)25-13-16-28(17-14-25)44-20-7-19-40/h1-6,8-17,22,31,37,40H,7,18-21,23H2,(H,39,41)/t31-,34-/m0/s1. The van der Waals surface area contributed by atoms with Gasteiger partial charge < -0.3 is 14.6 Å². The predicted octanol–water partition coefficient (Wildman–Crippen LogP) is 5.70. The van der Waals surface area contributed by atoms with Gasteiger partial charge in [0.1, 0.15) is 5.75 Å². The lowest BCUT2D eigenvalue weighted by molar-refractivity contribution is -0.130. The summed E-state index contributed by atoms with van der Waals surface area (Å²) in [5.74, 6) is -0.162. The maximum Gasteiger partial charge on any atom is 0.266 e. The Balaban J connectivity index is 1.50. The zero-order chi connectivity index (χ0) is 32.6. The van der Waals surface area contributed by atoms with E-state index in [-0.39, 0.29) is 36.1 Å². The van der Waals surface area contributed by atoms with Crippen molar-refractivity contribution in [3.63, 3.8) is 0 Å². The Bertz CT molecular complexity index is 1770. The highest BCUT2D eigenvalue weighted by Crippen LogP contribution is 2.43. The third-order valence-electron chi connectivity index (χ3n) is 7.48. The number of amides is 1. The van der Waals surface area contributed by atoms with Gasteiger partial charge in [-0.05, 0) is 59.7 Å². The summed E-state index contributed by atoms with van der Waals surface area (Å²) in [7, 11) is -3.79. The van der Waals surface area contributed by atoms with Crippen molar-refractivity contribution in [1.82, 2.24) is 10.9 Å². The Kier molecular flexibility index (Phi) is 11.0. The van der Waals surface area contributed by atoms with Gasteiger partial charge in [0.15, 0.2) is 21.5 Å². The van der Waals surface area contributed by atoms with Crippen LogP contribution in [0.4, 0.5) is 0 Å². The summed E-state index contributed by atoms with van der Waals surface area (Å²) in [6.07, 6.45) is -0.626. The SMILES string of the molecule is O=C(NNCc1ccc(Cl)cc1Cl)[C@@]1(CCS(=O)(=O)c2ccccc2)N=C(c2ccc(OCCCO)cc2)O[C@H]1c1ccccc1. The molecule has 4 aromatic rings. The number of aliphatic imine (C=N–C) groups is 1. The maximum atomic E-state index is 14.3. The second kappa shape index (κ2) is 15.1. The van der Waals surface area contributed by atoms with Crippen LogP contribution < -0.4 is 15.6 Å². The van der Waals surface area contributed by atoms with Gasteiger partial charge in [0.05, 0.1) is 17.3 Å². The van der Waals surface area contributed by atoms with Crippen molar-refractivity contribution in [3.05, 3.63) is 130 Å². The molecule has 1 aliphatic rings. The number of aliphatic hydroxyl groups is 1. The predicted molar refractivity (Wildman–Crippen MR) is 178 cm³/mol. The Morgan fingerprint density at radius 1 is 0.957 bits per heavy atom. The molecule has 0 bridgehead atoms. The molecule has 240 valence electrons. The van der Waals surface area contributed by atoms with Gasteiger partial charge in [0, 0.05) is 41.6 Å². The van der Waals surface area contributed by atoms with E-state index in [9.17, 15) is 13.2 Å². The molecule has 4 aromatic carbocycles. The quantitative estimate of drug-likeness (QED) is 0.115. The number of sulfone groups is 1. The van der Waals surface area contributed by atoms with Crippen LogP contribution in [0.1, 0.15) is 35.6 Å². The molecule has 5 rings (SSSR count). The van der Waals surface area contributed by atoms with Crippen LogP contribution in [-0.2, 0) is 25.9 Å². The first-order chi connectivity index (χ1) is 22.2. The first-order valence-electron chi connectivity index (χ1n) is 14.6. The van der Waals surface area contributed by atoms with Crippen LogP contribution in [0.5, 0.6) is 5.75 Å². The average molecular weight is 683 g/mol. The summed E-state index contributed by atoms with van der Waals surface area (Å²) in [6.45, 7) is 0.553. The van der Waals surface area contributed by atoms with Crippen LogP contribution in [0.2, 0.25) is 10.0 Å². The number of nitrogens with one attached hydrogen (secondary N) is 2. The molecule has 12 heteroatoms. The zero-order valence-corrected chi connectivity index (χ0v) is 27.1. The molecule has 0 saturated carbocycles. The van der Waals surface area contributed by atoms with E-state index in [1.165, 1.54) is 12.1 Å². The number of hydrogen-bond acceptors (Lipinski definition) is 8. The highest BCUT2D eigenvalue weighted by Gasteiger charge is 2.53.